The van der Waals surface area contributed by atoms with Gasteiger partial charge in [0.25, 0.3) is 0 Å². The highest BCUT2D eigenvalue weighted by Gasteiger charge is 2.35. The van der Waals surface area contributed by atoms with E-state index in [1.165, 1.54) is 10.4 Å². The Hall–Kier alpha value is -1.36. The third kappa shape index (κ3) is 2.98. The quantitative estimate of drug-likeness (QED) is 0.934. The van der Waals surface area contributed by atoms with Crippen molar-refractivity contribution in [3.8, 4) is 0 Å². The molecule has 1 aliphatic carbocycles. The van der Waals surface area contributed by atoms with Crippen molar-refractivity contribution in [3.63, 3.8) is 0 Å². The largest absolute Gasteiger partial charge is 0.481 e. The minimum atomic E-state index is -0.806. The predicted octanol–water partition coefficient (Wildman–Crippen LogP) is 3.02. The molecule has 1 aliphatic heterocycles. The monoisotopic (exact) mass is 307 g/mol. The van der Waals surface area contributed by atoms with Crippen LogP contribution in [0.25, 0.3) is 0 Å². The normalized spacial score (nSPS) is 25.4. The smallest absolute Gasteiger partial charge is 0.305 e. The number of hydrogen-bond donors (Lipinski definition) is 1. The van der Waals surface area contributed by atoms with Crippen molar-refractivity contribution in [3.05, 3.63) is 21.9 Å². The lowest BCUT2D eigenvalue weighted by atomic mass is 9.85. The average molecular weight is 307 g/mol. The van der Waals surface area contributed by atoms with Gasteiger partial charge in [-0.05, 0) is 55.5 Å². The van der Waals surface area contributed by atoms with Gasteiger partial charge in [-0.15, -0.1) is 11.3 Å². The van der Waals surface area contributed by atoms with Crippen molar-refractivity contribution in [2.24, 2.45) is 0 Å². The molecule has 0 bridgehead atoms. The number of aliphatic carboxylic acids is 1. The summed E-state index contributed by atoms with van der Waals surface area (Å²) in [5, 5.41) is 11.1. The Balaban J connectivity index is 1.79. The van der Waals surface area contributed by atoms with Crippen molar-refractivity contribution in [1.29, 1.82) is 0 Å². The molecule has 2 unspecified atom stereocenters. The number of carbonyl (C=O) groups excluding carboxylic acids is 1. The summed E-state index contributed by atoms with van der Waals surface area (Å²) in [5.41, 5.74) is 1.19. The molecule has 1 fully saturated rings. The molecule has 2 aliphatic rings. The van der Waals surface area contributed by atoms with Crippen molar-refractivity contribution in [2.75, 3.05) is 6.54 Å². The molecule has 1 aromatic heterocycles. The molecule has 2 atom stereocenters. The summed E-state index contributed by atoms with van der Waals surface area (Å²) >= 11 is 1.74. The fourth-order valence-corrected chi connectivity index (χ4v) is 4.64. The molecule has 1 N–H and O–H groups in total. The first-order valence-electron chi connectivity index (χ1n) is 7.75. The summed E-state index contributed by atoms with van der Waals surface area (Å²) in [6, 6.07) is 1.96. The molecule has 0 spiro atoms. The third-order valence-electron chi connectivity index (χ3n) is 4.67. The average Bonchev–Trinajstić information content (AvgIpc) is 2.95. The topological polar surface area (TPSA) is 57.6 Å². The molecule has 4 nitrogen and oxygen atoms in total. The van der Waals surface area contributed by atoms with Crippen molar-refractivity contribution < 1.29 is 14.7 Å². The number of piperidine rings is 1. The van der Waals surface area contributed by atoms with Crippen molar-refractivity contribution in [1.82, 2.24) is 4.90 Å². The number of carboxylic acid groups (broad SMARTS) is 1. The molecule has 0 aromatic carbocycles. The maximum Gasteiger partial charge on any atom is 0.305 e. The summed E-state index contributed by atoms with van der Waals surface area (Å²) in [6.45, 7) is 0.715. The molecular formula is C16H21NO3S. The van der Waals surface area contributed by atoms with Crippen LogP contribution in [0.15, 0.2) is 11.4 Å². The van der Waals surface area contributed by atoms with E-state index in [2.05, 4.69) is 11.4 Å². The first-order chi connectivity index (χ1) is 10.2. The van der Waals surface area contributed by atoms with E-state index in [1.807, 2.05) is 4.90 Å². The van der Waals surface area contributed by atoms with Crippen LogP contribution in [-0.4, -0.2) is 34.5 Å². The second kappa shape index (κ2) is 6.18. The molecule has 21 heavy (non-hydrogen) atoms. The van der Waals surface area contributed by atoms with Crippen LogP contribution in [0.4, 0.5) is 0 Å². The number of nitrogens with zero attached hydrogens (tertiary/aromatic N) is 1. The summed E-state index contributed by atoms with van der Waals surface area (Å²) < 4.78 is 0. The molecular weight excluding hydrogens is 286 g/mol. The van der Waals surface area contributed by atoms with Crippen LogP contribution in [0.5, 0.6) is 0 Å². The van der Waals surface area contributed by atoms with Crippen LogP contribution in [-0.2, 0) is 16.0 Å². The van der Waals surface area contributed by atoms with E-state index in [4.69, 9.17) is 5.11 Å². The predicted molar refractivity (Wildman–Crippen MR) is 81.6 cm³/mol. The summed E-state index contributed by atoms with van der Waals surface area (Å²) in [5.74, 6) is -0.700. The molecule has 2 heterocycles. The van der Waals surface area contributed by atoms with Crippen molar-refractivity contribution in [2.45, 2.75) is 56.9 Å². The minimum absolute atomic E-state index is 0.0469. The van der Waals surface area contributed by atoms with Gasteiger partial charge in [0.1, 0.15) is 0 Å². The van der Waals surface area contributed by atoms with Gasteiger partial charge < -0.3 is 10.0 Å². The number of carboxylic acids is 1. The maximum absolute atomic E-state index is 12.9. The number of thiophene rings is 1. The molecule has 1 saturated heterocycles. The van der Waals surface area contributed by atoms with Crippen LogP contribution in [0.2, 0.25) is 0 Å². The van der Waals surface area contributed by atoms with Gasteiger partial charge in [0.15, 0.2) is 0 Å². The van der Waals surface area contributed by atoms with Crippen molar-refractivity contribution >= 4 is 23.2 Å². The molecule has 0 saturated carbocycles. The molecule has 0 radical (unpaired) electrons. The Bertz CT molecular complexity index is 539. The first-order valence-corrected chi connectivity index (χ1v) is 8.63. The molecule has 114 valence electrons. The van der Waals surface area contributed by atoms with E-state index in [1.54, 1.807) is 11.3 Å². The highest BCUT2D eigenvalue weighted by atomic mass is 32.1. The third-order valence-corrected chi connectivity index (χ3v) is 5.67. The molecule has 1 amide bonds. The Labute approximate surface area is 128 Å². The summed E-state index contributed by atoms with van der Waals surface area (Å²) in [4.78, 5) is 27.2. The van der Waals surface area contributed by atoms with Crippen LogP contribution in [0.3, 0.4) is 0 Å². The lowest BCUT2D eigenvalue weighted by molar-refractivity contribution is -0.142. The maximum atomic E-state index is 12.9. The standard InChI is InChI=1S/C16H21NO3S/c18-15(19)10-11-4-1-2-8-17(11)16(20)13-5-3-6-14-12(13)7-9-21-14/h7,9,11,13H,1-6,8,10H2,(H,18,19). The van der Waals surface area contributed by atoms with Gasteiger partial charge in [-0.3, -0.25) is 9.59 Å². The number of carbonyl (C=O) groups is 2. The van der Waals surface area contributed by atoms with E-state index < -0.39 is 5.97 Å². The van der Waals surface area contributed by atoms with E-state index >= 15 is 0 Å². The van der Waals surface area contributed by atoms with Crippen LogP contribution in [0, 0.1) is 0 Å². The first kappa shape index (κ1) is 14.6. The minimum Gasteiger partial charge on any atom is -0.481 e. The number of amides is 1. The fraction of sp³-hybridized carbons (Fsp3) is 0.625. The number of rotatable bonds is 3. The SMILES string of the molecule is O=C(O)CC1CCCCN1C(=O)C1CCCc2sccc21. The lowest BCUT2D eigenvalue weighted by Gasteiger charge is -2.38. The lowest BCUT2D eigenvalue weighted by Crippen LogP contribution is -2.47. The Morgan fingerprint density at radius 1 is 1.29 bits per heavy atom. The van der Waals surface area contributed by atoms with Gasteiger partial charge in [-0.1, -0.05) is 0 Å². The van der Waals surface area contributed by atoms with Gasteiger partial charge in [-0.25, -0.2) is 0 Å². The number of fused-ring (bicyclic) bond motifs is 1. The molecule has 3 rings (SSSR count). The van der Waals surface area contributed by atoms with Gasteiger partial charge in [0.2, 0.25) is 5.91 Å². The molecule has 5 heteroatoms. The van der Waals surface area contributed by atoms with Gasteiger partial charge in [0.05, 0.1) is 12.3 Å². The summed E-state index contributed by atoms with van der Waals surface area (Å²) in [6.07, 6.45) is 5.95. The highest BCUT2D eigenvalue weighted by Crippen LogP contribution is 2.37. The zero-order chi connectivity index (χ0) is 14.8. The van der Waals surface area contributed by atoms with Crippen LogP contribution < -0.4 is 0 Å². The van der Waals surface area contributed by atoms with E-state index in [9.17, 15) is 9.59 Å². The van der Waals surface area contributed by atoms with Gasteiger partial charge in [-0.2, -0.15) is 0 Å². The zero-order valence-electron chi connectivity index (χ0n) is 12.1. The van der Waals surface area contributed by atoms with E-state index in [0.29, 0.717) is 6.54 Å². The van der Waals surface area contributed by atoms with Gasteiger partial charge >= 0.3 is 5.97 Å². The Morgan fingerprint density at radius 3 is 2.95 bits per heavy atom. The fourth-order valence-electron chi connectivity index (χ4n) is 3.65. The van der Waals surface area contributed by atoms with Crippen LogP contribution >= 0.6 is 11.3 Å². The Morgan fingerprint density at radius 2 is 2.14 bits per heavy atom. The number of likely N-dealkylation sites (tertiary alicyclic amines) is 1. The molecule has 1 aromatic rings. The second-order valence-corrected chi connectivity index (χ2v) is 7.02. The number of hydrogen-bond acceptors (Lipinski definition) is 3. The van der Waals surface area contributed by atoms with E-state index in [0.717, 1.165) is 38.5 Å². The highest BCUT2D eigenvalue weighted by molar-refractivity contribution is 7.10. The Kier molecular flexibility index (Phi) is 4.29. The summed E-state index contributed by atoms with van der Waals surface area (Å²) in [7, 11) is 0. The van der Waals surface area contributed by atoms with Gasteiger partial charge in [0, 0.05) is 17.5 Å². The van der Waals surface area contributed by atoms with Crippen LogP contribution in [0.1, 0.15) is 54.9 Å². The van der Waals surface area contributed by atoms with E-state index in [-0.39, 0.29) is 24.3 Å². The zero-order valence-corrected chi connectivity index (χ0v) is 12.9. The number of aryl methyl sites for hydroxylation is 1. The second-order valence-electron chi connectivity index (χ2n) is 6.02.